The average molecular weight is 345 g/mol. The van der Waals surface area contributed by atoms with Crippen LogP contribution in [0, 0.1) is 13.8 Å². The molecule has 3 heterocycles. The lowest BCUT2D eigenvalue weighted by Gasteiger charge is -2.10. The van der Waals surface area contributed by atoms with E-state index in [1.165, 1.54) is 16.6 Å². The van der Waals surface area contributed by atoms with E-state index < -0.39 is 0 Å². The normalized spacial score (nSPS) is 11.2. The van der Waals surface area contributed by atoms with Crippen molar-refractivity contribution < 1.29 is 0 Å². The molecular formula is C20H19N5O. The molecule has 0 fully saturated rings. The third-order valence-corrected chi connectivity index (χ3v) is 4.77. The first-order valence-electron chi connectivity index (χ1n) is 8.56. The molecule has 4 rings (SSSR count). The SMILES string of the molecule is CCc1cccc(-n2c(C)c3cnn(-c4cncnc4)c(=O)c3c2C)c1. The molecule has 0 aliphatic carbocycles. The number of hydrogen-bond acceptors (Lipinski definition) is 4. The van der Waals surface area contributed by atoms with Crippen molar-refractivity contribution in [3.63, 3.8) is 0 Å². The van der Waals surface area contributed by atoms with E-state index in [9.17, 15) is 4.79 Å². The summed E-state index contributed by atoms with van der Waals surface area (Å²) < 4.78 is 3.47. The Morgan fingerprint density at radius 2 is 1.77 bits per heavy atom. The number of fused-ring (bicyclic) bond motifs is 1. The quantitative estimate of drug-likeness (QED) is 0.572. The van der Waals surface area contributed by atoms with Crippen molar-refractivity contribution in [2.75, 3.05) is 0 Å². The van der Waals surface area contributed by atoms with Gasteiger partial charge in [0, 0.05) is 22.5 Å². The first-order chi connectivity index (χ1) is 12.6. The van der Waals surface area contributed by atoms with Crippen LogP contribution in [0.3, 0.4) is 0 Å². The summed E-state index contributed by atoms with van der Waals surface area (Å²) in [6.07, 6.45) is 7.30. The first kappa shape index (κ1) is 16.2. The second kappa shape index (κ2) is 6.22. The zero-order chi connectivity index (χ0) is 18.3. The lowest BCUT2D eigenvalue weighted by molar-refractivity contribution is 0.809. The summed E-state index contributed by atoms with van der Waals surface area (Å²) in [7, 11) is 0. The third-order valence-electron chi connectivity index (χ3n) is 4.77. The van der Waals surface area contributed by atoms with Crippen LogP contribution in [-0.2, 0) is 6.42 Å². The van der Waals surface area contributed by atoms with Gasteiger partial charge in [-0.25, -0.2) is 9.97 Å². The van der Waals surface area contributed by atoms with Gasteiger partial charge in [-0.3, -0.25) is 4.79 Å². The smallest absolute Gasteiger partial charge is 0.281 e. The van der Waals surface area contributed by atoms with Crippen molar-refractivity contribution in [1.29, 1.82) is 0 Å². The number of benzene rings is 1. The van der Waals surface area contributed by atoms with Crippen LogP contribution in [0.4, 0.5) is 0 Å². The Bertz CT molecular complexity index is 1160. The van der Waals surface area contributed by atoms with Gasteiger partial charge in [-0.15, -0.1) is 0 Å². The first-order valence-corrected chi connectivity index (χ1v) is 8.56. The maximum atomic E-state index is 13.1. The largest absolute Gasteiger partial charge is 0.317 e. The summed E-state index contributed by atoms with van der Waals surface area (Å²) >= 11 is 0. The molecule has 0 aliphatic heterocycles. The Hall–Kier alpha value is -3.28. The van der Waals surface area contributed by atoms with E-state index in [4.69, 9.17) is 0 Å². The molecule has 0 N–H and O–H groups in total. The number of aryl methyl sites for hydroxylation is 3. The van der Waals surface area contributed by atoms with Crippen LogP contribution in [0.1, 0.15) is 23.9 Å². The molecular weight excluding hydrogens is 326 g/mol. The van der Waals surface area contributed by atoms with Gasteiger partial charge < -0.3 is 4.57 Å². The molecule has 26 heavy (non-hydrogen) atoms. The van der Waals surface area contributed by atoms with Crippen molar-refractivity contribution >= 4 is 10.8 Å². The topological polar surface area (TPSA) is 65.6 Å². The number of aromatic nitrogens is 5. The van der Waals surface area contributed by atoms with Crippen LogP contribution in [-0.4, -0.2) is 24.3 Å². The van der Waals surface area contributed by atoms with E-state index in [0.29, 0.717) is 11.1 Å². The Morgan fingerprint density at radius 3 is 2.50 bits per heavy atom. The maximum absolute atomic E-state index is 13.1. The molecule has 0 amide bonds. The molecule has 0 saturated carbocycles. The molecule has 0 unspecified atom stereocenters. The van der Waals surface area contributed by atoms with Gasteiger partial charge in [0.25, 0.3) is 5.56 Å². The standard InChI is InChI=1S/C20H19N5O/c1-4-15-6-5-7-16(8-15)24-13(2)18-11-23-25(17-9-21-12-22-10-17)20(26)19(18)14(24)3/h5-12H,4H2,1-3H3. The second-order valence-corrected chi connectivity index (χ2v) is 6.28. The zero-order valence-electron chi connectivity index (χ0n) is 15.0. The van der Waals surface area contributed by atoms with Gasteiger partial charge in [0.2, 0.25) is 0 Å². The van der Waals surface area contributed by atoms with Crippen molar-refractivity contribution in [2.45, 2.75) is 27.2 Å². The van der Waals surface area contributed by atoms with Gasteiger partial charge in [-0.2, -0.15) is 9.78 Å². The van der Waals surface area contributed by atoms with Crippen LogP contribution < -0.4 is 5.56 Å². The summed E-state index contributed by atoms with van der Waals surface area (Å²) in [5.41, 5.74) is 4.62. The number of hydrogen-bond donors (Lipinski definition) is 0. The lowest BCUT2D eigenvalue weighted by Crippen LogP contribution is -2.21. The van der Waals surface area contributed by atoms with Crippen molar-refractivity contribution in [3.8, 4) is 11.4 Å². The van der Waals surface area contributed by atoms with E-state index in [2.05, 4.69) is 50.8 Å². The van der Waals surface area contributed by atoms with E-state index >= 15 is 0 Å². The fourth-order valence-corrected chi connectivity index (χ4v) is 3.45. The minimum atomic E-state index is -0.164. The Balaban J connectivity index is 2.00. The van der Waals surface area contributed by atoms with Gasteiger partial charge >= 0.3 is 0 Å². The number of nitrogens with zero attached hydrogens (tertiary/aromatic N) is 5. The molecule has 6 nitrogen and oxygen atoms in total. The van der Waals surface area contributed by atoms with E-state index in [0.717, 1.165) is 28.9 Å². The van der Waals surface area contributed by atoms with E-state index in [1.54, 1.807) is 18.6 Å². The van der Waals surface area contributed by atoms with Gasteiger partial charge in [-0.1, -0.05) is 19.1 Å². The predicted octanol–water partition coefficient (Wildman–Crippen LogP) is 3.15. The average Bonchev–Trinajstić information content (AvgIpc) is 2.94. The van der Waals surface area contributed by atoms with Gasteiger partial charge in [0.05, 0.1) is 24.0 Å². The van der Waals surface area contributed by atoms with Crippen LogP contribution in [0.25, 0.3) is 22.1 Å². The molecule has 0 radical (unpaired) electrons. The highest BCUT2D eigenvalue weighted by molar-refractivity contribution is 5.88. The number of rotatable bonds is 3. The molecule has 0 spiro atoms. The lowest BCUT2D eigenvalue weighted by atomic mass is 10.1. The zero-order valence-corrected chi connectivity index (χ0v) is 15.0. The minimum Gasteiger partial charge on any atom is -0.317 e. The summed E-state index contributed by atoms with van der Waals surface area (Å²) in [5.74, 6) is 0. The maximum Gasteiger partial charge on any atom is 0.281 e. The van der Waals surface area contributed by atoms with E-state index in [1.807, 2.05) is 13.8 Å². The highest BCUT2D eigenvalue weighted by Gasteiger charge is 2.18. The fraction of sp³-hybridized carbons (Fsp3) is 0.200. The van der Waals surface area contributed by atoms with Crippen LogP contribution in [0.15, 0.2) is 54.0 Å². The summed E-state index contributed by atoms with van der Waals surface area (Å²) in [6.45, 7) is 6.13. The highest BCUT2D eigenvalue weighted by atomic mass is 16.1. The summed E-state index contributed by atoms with van der Waals surface area (Å²) in [6, 6.07) is 8.39. The van der Waals surface area contributed by atoms with Gasteiger partial charge in [-0.05, 0) is 38.0 Å². The van der Waals surface area contributed by atoms with Crippen LogP contribution in [0.5, 0.6) is 0 Å². The van der Waals surface area contributed by atoms with Crippen molar-refractivity contribution in [2.24, 2.45) is 0 Å². The fourth-order valence-electron chi connectivity index (χ4n) is 3.45. The molecule has 0 saturated heterocycles. The third kappa shape index (κ3) is 2.42. The Morgan fingerprint density at radius 1 is 1.00 bits per heavy atom. The predicted molar refractivity (Wildman–Crippen MR) is 101 cm³/mol. The molecule has 0 atom stereocenters. The highest BCUT2D eigenvalue weighted by Crippen LogP contribution is 2.26. The van der Waals surface area contributed by atoms with Crippen molar-refractivity contribution in [1.82, 2.24) is 24.3 Å². The Labute approximate surface area is 150 Å². The monoisotopic (exact) mass is 345 g/mol. The molecule has 130 valence electrons. The van der Waals surface area contributed by atoms with Gasteiger partial charge in [0.1, 0.15) is 12.0 Å². The molecule has 3 aromatic heterocycles. The molecule has 0 bridgehead atoms. The molecule has 4 aromatic rings. The van der Waals surface area contributed by atoms with Gasteiger partial charge in [0.15, 0.2) is 0 Å². The Kier molecular flexibility index (Phi) is 3.88. The van der Waals surface area contributed by atoms with Crippen molar-refractivity contribution in [3.05, 3.63) is 76.5 Å². The second-order valence-electron chi connectivity index (χ2n) is 6.28. The van der Waals surface area contributed by atoms with Crippen LogP contribution in [0.2, 0.25) is 0 Å². The summed E-state index contributed by atoms with van der Waals surface area (Å²) in [4.78, 5) is 21.1. The summed E-state index contributed by atoms with van der Waals surface area (Å²) in [5, 5.41) is 5.86. The molecule has 6 heteroatoms. The van der Waals surface area contributed by atoms with E-state index in [-0.39, 0.29) is 5.56 Å². The molecule has 0 aliphatic rings. The minimum absolute atomic E-state index is 0.164. The van der Waals surface area contributed by atoms with Crippen LogP contribution >= 0.6 is 0 Å². The molecule has 1 aromatic carbocycles.